The Morgan fingerprint density at radius 3 is 2.79 bits per heavy atom. The Kier molecular flexibility index (Phi) is 3.10. The molecule has 0 spiro atoms. The van der Waals surface area contributed by atoms with Gasteiger partial charge in [-0.15, -0.1) is 0 Å². The number of nitrogens with zero attached hydrogens (tertiary/aromatic N) is 1. The first-order valence-corrected chi connectivity index (χ1v) is 6.31. The van der Waals surface area contributed by atoms with Crippen LogP contribution in [0, 0.1) is 0 Å². The Hall–Kier alpha value is -0.120. The molecule has 1 aromatic carbocycles. The van der Waals surface area contributed by atoms with E-state index in [0.29, 0.717) is 0 Å². The van der Waals surface area contributed by atoms with Gasteiger partial charge in [0.15, 0.2) is 0 Å². The first kappa shape index (κ1) is 10.4. The number of fused-ring (bicyclic) bond motifs is 1. The van der Waals surface area contributed by atoms with Gasteiger partial charge in [0.25, 0.3) is 0 Å². The number of alkyl halides is 1. The van der Waals surface area contributed by atoms with Gasteiger partial charge in [0.2, 0.25) is 0 Å². The quantitative estimate of drug-likeness (QED) is 0.697. The second-order valence-corrected chi connectivity index (χ2v) is 4.68. The number of benzene rings is 1. The van der Waals surface area contributed by atoms with E-state index in [1.807, 2.05) is 12.1 Å². The largest absolute Gasteiger partial charge is 0.256 e. The highest BCUT2D eigenvalue weighted by Gasteiger charge is 2.07. The Bertz CT molecular complexity index is 477. The smallest absolute Gasteiger partial charge is 0.0768 e. The van der Waals surface area contributed by atoms with E-state index in [1.165, 1.54) is 0 Å². The average molecular weight is 335 g/mol. The van der Waals surface area contributed by atoms with Crippen molar-refractivity contribution >= 4 is 54.4 Å². The molecule has 0 fully saturated rings. The fourth-order valence-electron chi connectivity index (χ4n) is 1.35. The molecule has 0 amide bonds. The van der Waals surface area contributed by atoms with Crippen molar-refractivity contribution in [2.75, 3.05) is 0 Å². The van der Waals surface area contributed by atoms with Crippen LogP contribution in [0.3, 0.4) is 0 Å². The van der Waals surface area contributed by atoms with E-state index in [1.54, 1.807) is 12.3 Å². The minimum Gasteiger partial charge on any atom is -0.256 e. The van der Waals surface area contributed by atoms with Crippen molar-refractivity contribution in [3.63, 3.8) is 0 Å². The van der Waals surface area contributed by atoms with Gasteiger partial charge in [-0.3, -0.25) is 4.98 Å². The lowest BCUT2D eigenvalue weighted by Gasteiger charge is -2.05. The third kappa shape index (κ3) is 1.69. The molecule has 0 aliphatic carbocycles. The van der Waals surface area contributed by atoms with E-state index in [9.17, 15) is 0 Å². The molecule has 1 heterocycles. The molecule has 0 saturated heterocycles. The standard InChI is InChI=1S/C10H6Br2ClN/c11-5-6-1-2-7(12)9-8(13)3-4-14-10(6)9/h1-4H,5H2. The zero-order chi connectivity index (χ0) is 10.1. The maximum absolute atomic E-state index is 6.11. The highest BCUT2D eigenvalue weighted by atomic mass is 79.9. The van der Waals surface area contributed by atoms with Gasteiger partial charge in [-0.1, -0.05) is 49.5 Å². The minimum atomic E-state index is 0.727. The average Bonchev–Trinajstić information content (AvgIpc) is 2.18. The molecule has 1 aromatic heterocycles. The predicted octanol–water partition coefficient (Wildman–Crippen LogP) is 4.55. The van der Waals surface area contributed by atoms with Gasteiger partial charge >= 0.3 is 0 Å². The minimum absolute atomic E-state index is 0.727. The highest BCUT2D eigenvalue weighted by Crippen LogP contribution is 2.31. The molecule has 72 valence electrons. The zero-order valence-electron chi connectivity index (χ0n) is 7.10. The number of aromatic nitrogens is 1. The maximum atomic E-state index is 6.11. The van der Waals surface area contributed by atoms with Crippen LogP contribution >= 0.6 is 43.5 Å². The van der Waals surface area contributed by atoms with Gasteiger partial charge in [-0.05, 0) is 17.7 Å². The first-order valence-electron chi connectivity index (χ1n) is 4.01. The van der Waals surface area contributed by atoms with Crippen LogP contribution in [0.25, 0.3) is 10.9 Å². The van der Waals surface area contributed by atoms with E-state index in [0.717, 1.165) is 31.3 Å². The lowest BCUT2D eigenvalue weighted by Crippen LogP contribution is -1.87. The highest BCUT2D eigenvalue weighted by molar-refractivity contribution is 9.10. The Balaban J connectivity index is 2.91. The molecule has 0 atom stereocenters. The third-order valence-corrected chi connectivity index (χ3v) is 3.60. The zero-order valence-corrected chi connectivity index (χ0v) is 11.0. The fraction of sp³-hybridized carbons (Fsp3) is 0.100. The summed E-state index contributed by atoms with van der Waals surface area (Å²) < 4.78 is 0.982. The van der Waals surface area contributed by atoms with Gasteiger partial charge in [0, 0.05) is 21.4 Å². The second kappa shape index (κ2) is 4.17. The summed E-state index contributed by atoms with van der Waals surface area (Å²) in [6.45, 7) is 0. The normalized spacial score (nSPS) is 10.8. The molecule has 0 unspecified atom stereocenters. The molecule has 4 heteroatoms. The monoisotopic (exact) mass is 333 g/mol. The SMILES string of the molecule is Clc1ccnc2c(CBr)ccc(Br)c12. The summed E-state index contributed by atoms with van der Waals surface area (Å²) in [6, 6.07) is 5.82. The van der Waals surface area contributed by atoms with Crippen LogP contribution in [0.2, 0.25) is 5.02 Å². The summed E-state index contributed by atoms with van der Waals surface area (Å²) in [5.41, 5.74) is 2.09. The molecule has 0 radical (unpaired) electrons. The summed E-state index contributed by atoms with van der Waals surface area (Å²) in [7, 11) is 0. The van der Waals surface area contributed by atoms with E-state index in [4.69, 9.17) is 11.6 Å². The van der Waals surface area contributed by atoms with E-state index < -0.39 is 0 Å². The molecule has 0 saturated carbocycles. The van der Waals surface area contributed by atoms with Gasteiger partial charge in [-0.25, -0.2) is 0 Å². The topological polar surface area (TPSA) is 12.9 Å². The van der Waals surface area contributed by atoms with Gasteiger partial charge in [0.1, 0.15) is 0 Å². The fourth-order valence-corrected chi connectivity index (χ4v) is 2.70. The third-order valence-electron chi connectivity index (χ3n) is 2.02. The van der Waals surface area contributed by atoms with Crippen LogP contribution in [0.15, 0.2) is 28.9 Å². The molecule has 0 aliphatic rings. The predicted molar refractivity (Wildman–Crippen MR) is 67.1 cm³/mol. The van der Waals surface area contributed by atoms with Crippen molar-refractivity contribution in [2.24, 2.45) is 0 Å². The summed E-state index contributed by atoms with van der Waals surface area (Å²) in [4.78, 5) is 4.33. The molecule has 0 aliphatic heterocycles. The molecular formula is C10H6Br2ClN. The molecular weight excluding hydrogens is 329 g/mol. The molecule has 2 aromatic rings. The molecule has 0 bridgehead atoms. The van der Waals surface area contributed by atoms with Crippen LogP contribution in [-0.4, -0.2) is 4.98 Å². The van der Waals surface area contributed by atoms with Crippen molar-refractivity contribution in [3.8, 4) is 0 Å². The van der Waals surface area contributed by atoms with Gasteiger partial charge in [0.05, 0.1) is 10.5 Å². The van der Waals surface area contributed by atoms with Crippen LogP contribution in [0.1, 0.15) is 5.56 Å². The van der Waals surface area contributed by atoms with Crippen LogP contribution in [-0.2, 0) is 5.33 Å². The van der Waals surface area contributed by atoms with Crippen LogP contribution in [0.4, 0.5) is 0 Å². The first-order chi connectivity index (χ1) is 6.74. The summed E-state index contributed by atoms with van der Waals surface area (Å²) >= 11 is 13.0. The van der Waals surface area contributed by atoms with Crippen molar-refractivity contribution in [1.29, 1.82) is 0 Å². The van der Waals surface area contributed by atoms with E-state index >= 15 is 0 Å². The number of halogens is 3. The molecule has 14 heavy (non-hydrogen) atoms. The molecule has 2 rings (SSSR count). The number of rotatable bonds is 1. The van der Waals surface area contributed by atoms with Gasteiger partial charge in [-0.2, -0.15) is 0 Å². The van der Waals surface area contributed by atoms with E-state index in [-0.39, 0.29) is 0 Å². The lowest BCUT2D eigenvalue weighted by atomic mass is 10.1. The van der Waals surface area contributed by atoms with Crippen molar-refractivity contribution in [2.45, 2.75) is 5.33 Å². The Morgan fingerprint density at radius 2 is 2.07 bits per heavy atom. The van der Waals surface area contributed by atoms with E-state index in [2.05, 4.69) is 36.8 Å². The number of pyridine rings is 1. The van der Waals surface area contributed by atoms with Crippen LogP contribution < -0.4 is 0 Å². The number of hydrogen-bond acceptors (Lipinski definition) is 1. The molecule has 1 nitrogen and oxygen atoms in total. The summed E-state index contributed by atoms with van der Waals surface area (Å²) in [5, 5.41) is 2.49. The Morgan fingerprint density at radius 1 is 1.29 bits per heavy atom. The van der Waals surface area contributed by atoms with Crippen molar-refractivity contribution in [1.82, 2.24) is 4.98 Å². The second-order valence-electron chi connectivity index (χ2n) is 2.86. The van der Waals surface area contributed by atoms with Crippen molar-refractivity contribution in [3.05, 3.63) is 39.5 Å². The number of hydrogen-bond donors (Lipinski definition) is 0. The van der Waals surface area contributed by atoms with Crippen LogP contribution in [0.5, 0.6) is 0 Å². The van der Waals surface area contributed by atoms with Crippen molar-refractivity contribution < 1.29 is 0 Å². The summed E-state index contributed by atoms with van der Waals surface area (Å²) in [5.74, 6) is 0. The van der Waals surface area contributed by atoms with Gasteiger partial charge < -0.3 is 0 Å². The lowest BCUT2D eigenvalue weighted by molar-refractivity contribution is 1.35. The summed E-state index contributed by atoms with van der Waals surface area (Å²) in [6.07, 6.45) is 1.73. The Labute approximate surface area is 104 Å². The molecule has 0 N–H and O–H groups in total. The maximum Gasteiger partial charge on any atom is 0.0768 e.